The molecule has 7 nitrogen and oxygen atoms in total. The Kier molecular flexibility index (Phi) is 7.14. The summed E-state index contributed by atoms with van der Waals surface area (Å²) in [5.74, 6) is -0.297. The molecule has 1 aromatic carbocycles. The molecule has 0 radical (unpaired) electrons. The number of halogens is 1. The number of carbonyl (C=O) groups excluding carboxylic acids is 3. The number of nitrogens with zero attached hydrogens (tertiary/aromatic N) is 2. The first kappa shape index (κ1) is 23.4. The van der Waals surface area contributed by atoms with Crippen LogP contribution in [0.5, 0.6) is 5.75 Å². The van der Waals surface area contributed by atoms with Crippen LogP contribution < -0.4 is 9.64 Å². The van der Waals surface area contributed by atoms with Crippen LogP contribution in [0.4, 0.5) is 10.5 Å². The van der Waals surface area contributed by atoms with Crippen molar-refractivity contribution in [2.45, 2.75) is 70.9 Å². The zero-order chi connectivity index (χ0) is 22.8. The van der Waals surface area contributed by atoms with E-state index < -0.39 is 29.6 Å². The first-order valence-corrected chi connectivity index (χ1v) is 11.2. The van der Waals surface area contributed by atoms with Gasteiger partial charge in [-0.15, -0.1) is 0 Å². The number of benzene rings is 1. The van der Waals surface area contributed by atoms with Gasteiger partial charge in [0.25, 0.3) is 5.91 Å². The average Bonchev–Trinajstić information content (AvgIpc) is 2.91. The Morgan fingerprint density at radius 2 is 1.84 bits per heavy atom. The predicted molar refractivity (Wildman–Crippen MR) is 118 cm³/mol. The third-order valence-corrected chi connectivity index (χ3v) is 5.90. The van der Waals surface area contributed by atoms with Crippen molar-refractivity contribution >= 4 is 35.2 Å². The number of anilines is 1. The van der Waals surface area contributed by atoms with Crippen LogP contribution in [0.2, 0.25) is 5.02 Å². The van der Waals surface area contributed by atoms with Gasteiger partial charge in [-0.2, -0.15) is 0 Å². The summed E-state index contributed by atoms with van der Waals surface area (Å²) in [5, 5.41) is 0.380. The minimum atomic E-state index is -0.909. The number of rotatable bonds is 6. The van der Waals surface area contributed by atoms with Gasteiger partial charge < -0.3 is 14.4 Å². The van der Waals surface area contributed by atoms with Crippen molar-refractivity contribution in [3.8, 4) is 5.75 Å². The Bertz CT molecular complexity index is 845. The molecule has 0 bridgehead atoms. The Morgan fingerprint density at radius 1 is 1.16 bits per heavy atom. The highest BCUT2D eigenvalue weighted by molar-refractivity contribution is 6.31. The molecule has 0 spiro atoms. The number of hydrogen-bond acceptors (Lipinski definition) is 5. The highest BCUT2D eigenvalue weighted by Crippen LogP contribution is 2.37. The van der Waals surface area contributed by atoms with Gasteiger partial charge in [0.2, 0.25) is 0 Å². The van der Waals surface area contributed by atoms with E-state index in [1.54, 1.807) is 32.9 Å². The van der Waals surface area contributed by atoms with E-state index in [0.29, 0.717) is 23.2 Å². The van der Waals surface area contributed by atoms with Crippen LogP contribution in [-0.2, 0) is 14.3 Å². The standard InChI is InChI=1S/C23H31ClN2O5/c1-23(2,3)31-20(27)13-18-21(28)26(17-12-16(24)10-11-19(17)30-4)22(29)25(18)14-15-8-6-5-7-9-15/h10-12,15,18H,5-9,13-14H2,1-4H3/t18-/m0/s1. The summed E-state index contributed by atoms with van der Waals surface area (Å²) in [4.78, 5) is 42.0. The molecule has 0 N–H and O–H groups in total. The summed E-state index contributed by atoms with van der Waals surface area (Å²) in [6, 6.07) is 3.42. The minimum Gasteiger partial charge on any atom is -0.495 e. The summed E-state index contributed by atoms with van der Waals surface area (Å²) >= 11 is 6.14. The summed E-state index contributed by atoms with van der Waals surface area (Å²) in [6.45, 7) is 5.76. The van der Waals surface area contributed by atoms with E-state index in [4.69, 9.17) is 21.1 Å². The molecule has 8 heteroatoms. The third kappa shape index (κ3) is 5.50. The first-order valence-electron chi connectivity index (χ1n) is 10.8. The molecule has 170 valence electrons. The van der Waals surface area contributed by atoms with Gasteiger partial charge in [-0.1, -0.05) is 30.9 Å². The van der Waals surface area contributed by atoms with Crippen LogP contribution in [0, 0.1) is 5.92 Å². The van der Waals surface area contributed by atoms with Gasteiger partial charge in [0.15, 0.2) is 0 Å². The van der Waals surface area contributed by atoms with E-state index in [-0.39, 0.29) is 12.1 Å². The maximum atomic E-state index is 13.4. The van der Waals surface area contributed by atoms with Crippen molar-refractivity contribution in [3.05, 3.63) is 23.2 Å². The lowest BCUT2D eigenvalue weighted by Gasteiger charge is -2.29. The fourth-order valence-corrected chi connectivity index (χ4v) is 4.46. The number of carbonyl (C=O) groups is 3. The quantitative estimate of drug-likeness (QED) is 0.459. The Balaban J connectivity index is 1.92. The van der Waals surface area contributed by atoms with Gasteiger partial charge >= 0.3 is 12.0 Å². The lowest BCUT2D eigenvalue weighted by atomic mass is 9.88. The van der Waals surface area contributed by atoms with E-state index in [9.17, 15) is 14.4 Å². The van der Waals surface area contributed by atoms with E-state index in [1.165, 1.54) is 24.5 Å². The van der Waals surface area contributed by atoms with E-state index in [2.05, 4.69) is 0 Å². The summed E-state index contributed by atoms with van der Waals surface area (Å²) in [5.41, 5.74) is -0.391. The maximum absolute atomic E-state index is 13.4. The van der Waals surface area contributed by atoms with Crippen LogP contribution in [0.1, 0.15) is 59.3 Å². The monoisotopic (exact) mass is 450 g/mol. The second-order valence-corrected chi connectivity index (χ2v) is 9.67. The maximum Gasteiger partial charge on any atom is 0.332 e. The zero-order valence-electron chi connectivity index (χ0n) is 18.7. The van der Waals surface area contributed by atoms with E-state index >= 15 is 0 Å². The second-order valence-electron chi connectivity index (χ2n) is 9.24. The molecular formula is C23H31ClN2O5. The molecule has 1 atom stereocenters. The van der Waals surface area contributed by atoms with Crippen LogP contribution >= 0.6 is 11.6 Å². The first-order chi connectivity index (χ1) is 14.6. The van der Waals surface area contributed by atoms with Gasteiger partial charge in [0.05, 0.1) is 19.2 Å². The Morgan fingerprint density at radius 3 is 2.45 bits per heavy atom. The fraction of sp³-hybridized carbons (Fsp3) is 0.609. The van der Waals surface area contributed by atoms with Crippen molar-refractivity contribution in [1.29, 1.82) is 0 Å². The molecule has 1 aliphatic carbocycles. The largest absolute Gasteiger partial charge is 0.495 e. The lowest BCUT2D eigenvalue weighted by Crippen LogP contribution is -2.41. The third-order valence-electron chi connectivity index (χ3n) is 5.66. The molecule has 1 aromatic rings. The number of hydrogen-bond donors (Lipinski definition) is 0. The number of ether oxygens (including phenoxy) is 2. The fourth-order valence-electron chi connectivity index (χ4n) is 4.29. The normalized spacial score (nSPS) is 20.4. The molecule has 3 rings (SSSR count). The highest BCUT2D eigenvalue weighted by atomic mass is 35.5. The van der Waals surface area contributed by atoms with Gasteiger partial charge in [-0.3, -0.25) is 9.59 Å². The number of esters is 1. The molecule has 2 aliphatic rings. The number of amides is 3. The van der Waals surface area contributed by atoms with Gasteiger partial charge in [-0.05, 0) is 57.7 Å². The van der Waals surface area contributed by atoms with Crippen molar-refractivity contribution in [2.24, 2.45) is 5.92 Å². The molecule has 3 amide bonds. The Labute approximate surface area is 188 Å². The average molecular weight is 451 g/mol. The van der Waals surface area contributed by atoms with Crippen LogP contribution in [0.15, 0.2) is 18.2 Å². The molecule has 2 fully saturated rings. The zero-order valence-corrected chi connectivity index (χ0v) is 19.4. The SMILES string of the molecule is COc1ccc(Cl)cc1N1C(=O)[C@H](CC(=O)OC(C)(C)C)N(CC2CCCCC2)C1=O. The predicted octanol–water partition coefficient (Wildman–Crippen LogP) is 4.80. The molecule has 1 aliphatic heterocycles. The molecular weight excluding hydrogens is 420 g/mol. The molecule has 31 heavy (non-hydrogen) atoms. The van der Waals surface area contributed by atoms with Crippen molar-refractivity contribution < 1.29 is 23.9 Å². The number of imide groups is 1. The smallest absolute Gasteiger partial charge is 0.332 e. The topological polar surface area (TPSA) is 76.2 Å². The van der Waals surface area contributed by atoms with E-state index in [1.807, 2.05) is 0 Å². The summed E-state index contributed by atoms with van der Waals surface area (Å²) < 4.78 is 10.8. The summed E-state index contributed by atoms with van der Waals surface area (Å²) in [6.07, 6.45) is 5.26. The molecule has 1 saturated heterocycles. The van der Waals surface area contributed by atoms with Gasteiger partial charge in [0, 0.05) is 11.6 Å². The second kappa shape index (κ2) is 9.47. The number of methoxy groups -OCH3 is 1. The van der Waals surface area contributed by atoms with Crippen molar-refractivity contribution in [3.63, 3.8) is 0 Å². The highest BCUT2D eigenvalue weighted by Gasteiger charge is 2.48. The van der Waals surface area contributed by atoms with Gasteiger partial charge in [0.1, 0.15) is 17.4 Å². The van der Waals surface area contributed by atoms with Crippen molar-refractivity contribution in [2.75, 3.05) is 18.6 Å². The van der Waals surface area contributed by atoms with Crippen LogP contribution in [0.3, 0.4) is 0 Å². The van der Waals surface area contributed by atoms with E-state index in [0.717, 1.165) is 30.6 Å². The van der Waals surface area contributed by atoms with Gasteiger partial charge in [-0.25, -0.2) is 9.69 Å². The van der Waals surface area contributed by atoms with Crippen LogP contribution in [0.25, 0.3) is 0 Å². The molecule has 0 aromatic heterocycles. The molecule has 0 unspecified atom stereocenters. The molecule has 1 heterocycles. The van der Waals surface area contributed by atoms with Crippen LogP contribution in [-0.4, -0.2) is 48.1 Å². The minimum absolute atomic E-state index is 0.187. The molecule has 1 saturated carbocycles. The number of urea groups is 1. The lowest BCUT2D eigenvalue weighted by molar-refractivity contribution is -0.156. The Hall–Kier alpha value is -2.28. The summed E-state index contributed by atoms with van der Waals surface area (Å²) in [7, 11) is 1.47. The van der Waals surface area contributed by atoms with Crippen molar-refractivity contribution in [1.82, 2.24) is 4.90 Å².